The largest absolute Gasteiger partial charge is 0.347 e. The average molecular weight is 448 g/mol. The Balaban J connectivity index is 2.06. The van der Waals surface area contributed by atoms with Crippen molar-refractivity contribution in [2.45, 2.75) is 19.0 Å². The van der Waals surface area contributed by atoms with Crippen LogP contribution in [0.4, 0.5) is 0 Å². The van der Waals surface area contributed by atoms with Crippen molar-refractivity contribution in [3.05, 3.63) is 44.4 Å². The van der Waals surface area contributed by atoms with Gasteiger partial charge in [0.1, 0.15) is 6.04 Å². The lowest BCUT2D eigenvalue weighted by atomic mass is 10.1. The van der Waals surface area contributed by atoms with E-state index in [1.807, 2.05) is 6.26 Å². The van der Waals surface area contributed by atoms with Crippen LogP contribution in [0.25, 0.3) is 0 Å². The fraction of sp³-hybridized carbons (Fsp3) is 0.375. The predicted octanol–water partition coefficient (Wildman–Crippen LogP) is 2.95. The fourth-order valence-electron chi connectivity index (χ4n) is 2.24. The maximum Gasteiger partial charge on any atom is 0.253 e. The number of hydrogen-bond acceptors (Lipinski definition) is 5. The summed E-state index contributed by atoms with van der Waals surface area (Å²) in [6.07, 6.45) is 2.41. The summed E-state index contributed by atoms with van der Waals surface area (Å²) in [6.45, 7) is 0.190. The Labute approximate surface area is 176 Å². The molecule has 146 valence electrons. The van der Waals surface area contributed by atoms with Crippen LogP contribution in [0.5, 0.6) is 0 Å². The van der Waals surface area contributed by atoms with Crippen LogP contribution in [-0.2, 0) is 18.4 Å². The standard InChI is InChI=1S/C16H19Cl2N5O2S2/c1-23-13(21-22-16(23)26)8-19-15(25)12(5-6-27-2)20-14(24)10-4-3-9(17)7-11(10)18/h3-4,7,12H,5-6,8H2,1-2H3,(H,19,25)(H,20,24)(H,22,26). The minimum Gasteiger partial charge on any atom is -0.347 e. The number of H-pyrrole nitrogens is 1. The lowest BCUT2D eigenvalue weighted by Crippen LogP contribution is -2.47. The molecule has 0 radical (unpaired) electrons. The quantitative estimate of drug-likeness (QED) is 0.540. The third-order valence-electron chi connectivity index (χ3n) is 3.80. The number of nitrogens with zero attached hydrogens (tertiary/aromatic N) is 2. The number of halogens is 2. The Kier molecular flexibility index (Phi) is 8.15. The number of nitrogens with one attached hydrogen (secondary N) is 3. The molecule has 2 amide bonds. The van der Waals surface area contributed by atoms with Crippen molar-refractivity contribution in [3.8, 4) is 0 Å². The monoisotopic (exact) mass is 447 g/mol. The number of aromatic amines is 1. The van der Waals surface area contributed by atoms with Gasteiger partial charge in [-0.2, -0.15) is 16.9 Å². The second kappa shape index (κ2) is 10.1. The van der Waals surface area contributed by atoms with Gasteiger partial charge in [0.15, 0.2) is 10.6 Å². The van der Waals surface area contributed by atoms with E-state index < -0.39 is 11.9 Å². The summed E-state index contributed by atoms with van der Waals surface area (Å²) in [7, 11) is 1.75. The number of rotatable bonds is 8. The molecule has 1 unspecified atom stereocenters. The van der Waals surface area contributed by atoms with E-state index >= 15 is 0 Å². The Bertz CT molecular complexity index is 884. The van der Waals surface area contributed by atoms with Crippen molar-refractivity contribution in [1.82, 2.24) is 25.4 Å². The number of amides is 2. The van der Waals surface area contributed by atoms with Crippen LogP contribution in [0.1, 0.15) is 22.6 Å². The molecule has 3 N–H and O–H groups in total. The van der Waals surface area contributed by atoms with E-state index in [1.54, 1.807) is 29.4 Å². The van der Waals surface area contributed by atoms with Gasteiger partial charge >= 0.3 is 0 Å². The highest BCUT2D eigenvalue weighted by molar-refractivity contribution is 7.98. The molecule has 1 aromatic carbocycles. The maximum atomic E-state index is 12.6. The highest BCUT2D eigenvalue weighted by Gasteiger charge is 2.22. The van der Waals surface area contributed by atoms with Gasteiger partial charge in [0.05, 0.1) is 17.1 Å². The lowest BCUT2D eigenvalue weighted by molar-refractivity contribution is -0.123. The van der Waals surface area contributed by atoms with Crippen LogP contribution < -0.4 is 10.6 Å². The second-order valence-electron chi connectivity index (χ2n) is 5.65. The molecule has 1 aromatic heterocycles. The Morgan fingerprint density at radius 3 is 2.74 bits per heavy atom. The molecule has 1 atom stereocenters. The summed E-state index contributed by atoms with van der Waals surface area (Å²) in [5.74, 6) is 0.552. The number of carbonyl (C=O) groups excluding carboxylic acids is 2. The van der Waals surface area contributed by atoms with Crippen LogP contribution in [0.3, 0.4) is 0 Å². The number of thioether (sulfide) groups is 1. The minimum absolute atomic E-state index is 0.190. The molecule has 0 spiro atoms. The zero-order valence-corrected chi connectivity index (χ0v) is 17.9. The summed E-state index contributed by atoms with van der Waals surface area (Å²) in [5.41, 5.74) is 0.262. The summed E-state index contributed by atoms with van der Waals surface area (Å²) in [5, 5.41) is 12.9. The Hall–Kier alpha value is -1.55. The van der Waals surface area contributed by atoms with Crippen molar-refractivity contribution in [1.29, 1.82) is 0 Å². The molecule has 7 nitrogen and oxygen atoms in total. The normalized spacial score (nSPS) is 11.9. The van der Waals surface area contributed by atoms with E-state index in [0.717, 1.165) is 0 Å². The summed E-state index contributed by atoms with van der Waals surface area (Å²) in [4.78, 5) is 25.1. The molecular formula is C16H19Cl2N5O2S2. The molecule has 0 saturated heterocycles. The summed E-state index contributed by atoms with van der Waals surface area (Å²) < 4.78 is 2.13. The molecule has 27 heavy (non-hydrogen) atoms. The molecule has 0 aliphatic carbocycles. The van der Waals surface area contributed by atoms with Crippen molar-refractivity contribution in [3.63, 3.8) is 0 Å². The highest BCUT2D eigenvalue weighted by Crippen LogP contribution is 2.21. The molecule has 0 aliphatic heterocycles. The van der Waals surface area contributed by atoms with Crippen LogP contribution in [0, 0.1) is 4.77 Å². The van der Waals surface area contributed by atoms with Gasteiger partial charge in [0.2, 0.25) is 5.91 Å². The highest BCUT2D eigenvalue weighted by atomic mass is 35.5. The van der Waals surface area contributed by atoms with E-state index in [-0.39, 0.29) is 23.0 Å². The summed E-state index contributed by atoms with van der Waals surface area (Å²) in [6, 6.07) is 3.88. The minimum atomic E-state index is -0.705. The summed E-state index contributed by atoms with van der Waals surface area (Å²) >= 11 is 18.6. The number of aromatic nitrogens is 3. The molecular weight excluding hydrogens is 429 g/mol. The van der Waals surface area contributed by atoms with Gasteiger partial charge in [0.25, 0.3) is 5.91 Å². The van der Waals surface area contributed by atoms with Crippen LogP contribution in [0.15, 0.2) is 18.2 Å². The van der Waals surface area contributed by atoms with E-state index in [9.17, 15) is 9.59 Å². The van der Waals surface area contributed by atoms with Gasteiger partial charge < -0.3 is 15.2 Å². The first kappa shape index (κ1) is 21.7. The first-order valence-electron chi connectivity index (χ1n) is 7.96. The molecule has 1 heterocycles. The average Bonchev–Trinajstić information content (AvgIpc) is 2.94. The predicted molar refractivity (Wildman–Crippen MR) is 111 cm³/mol. The fourth-order valence-corrected chi connectivity index (χ4v) is 3.36. The Morgan fingerprint density at radius 1 is 1.41 bits per heavy atom. The van der Waals surface area contributed by atoms with Crippen molar-refractivity contribution in [2.75, 3.05) is 12.0 Å². The van der Waals surface area contributed by atoms with E-state index in [1.165, 1.54) is 12.1 Å². The van der Waals surface area contributed by atoms with Crippen LogP contribution in [-0.4, -0.2) is 44.6 Å². The van der Waals surface area contributed by atoms with Crippen molar-refractivity contribution >= 4 is 59.0 Å². The van der Waals surface area contributed by atoms with Gasteiger partial charge in [-0.1, -0.05) is 23.2 Å². The van der Waals surface area contributed by atoms with E-state index in [2.05, 4.69) is 20.8 Å². The topological polar surface area (TPSA) is 91.8 Å². The second-order valence-corrected chi connectivity index (χ2v) is 7.87. The van der Waals surface area contributed by atoms with Crippen molar-refractivity contribution < 1.29 is 9.59 Å². The van der Waals surface area contributed by atoms with Crippen LogP contribution >= 0.6 is 47.2 Å². The van der Waals surface area contributed by atoms with Gasteiger partial charge in [-0.3, -0.25) is 14.7 Å². The SMILES string of the molecule is CSCCC(NC(=O)c1ccc(Cl)cc1Cl)C(=O)NCc1n[nH]c(=S)n1C. The van der Waals surface area contributed by atoms with Crippen LogP contribution in [0.2, 0.25) is 10.0 Å². The van der Waals surface area contributed by atoms with Gasteiger partial charge in [-0.25, -0.2) is 0 Å². The molecule has 2 rings (SSSR count). The first-order valence-corrected chi connectivity index (χ1v) is 10.5. The number of hydrogen-bond donors (Lipinski definition) is 3. The molecule has 0 fully saturated rings. The van der Waals surface area contributed by atoms with Gasteiger partial charge in [-0.05, 0) is 48.8 Å². The maximum absolute atomic E-state index is 12.6. The molecule has 0 aliphatic rings. The molecule has 0 saturated carbocycles. The Morgan fingerprint density at radius 2 is 2.15 bits per heavy atom. The number of carbonyl (C=O) groups is 2. The lowest BCUT2D eigenvalue weighted by Gasteiger charge is -2.18. The molecule has 0 bridgehead atoms. The first-order chi connectivity index (χ1) is 12.8. The van der Waals surface area contributed by atoms with E-state index in [4.69, 9.17) is 35.4 Å². The molecule has 2 aromatic rings. The van der Waals surface area contributed by atoms with Gasteiger partial charge in [-0.15, -0.1) is 0 Å². The number of benzene rings is 1. The third-order valence-corrected chi connectivity index (χ3v) is 5.36. The van der Waals surface area contributed by atoms with Crippen molar-refractivity contribution in [2.24, 2.45) is 7.05 Å². The molecule has 11 heteroatoms. The van der Waals surface area contributed by atoms with E-state index in [0.29, 0.717) is 27.8 Å². The zero-order chi connectivity index (χ0) is 20.0. The smallest absolute Gasteiger partial charge is 0.253 e. The van der Waals surface area contributed by atoms with Gasteiger partial charge in [0, 0.05) is 12.1 Å². The third kappa shape index (κ3) is 5.97. The zero-order valence-electron chi connectivity index (χ0n) is 14.7.